The third-order valence-electron chi connectivity index (χ3n) is 4.26. The first-order chi connectivity index (χ1) is 11.8. The van der Waals surface area contributed by atoms with Gasteiger partial charge in [-0.2, -0.15) is 0 Å². The van der Waals surface area contributed by atoms with Crippen molar-refractivity contribution in [3.63, 3.8) is 0 Å². The van der Waals surface area contributed by atoms with E-state index in [0.29, 0.717) is 6.42 Å². The van der Waals surface area contributed by atoms with Crippen LogP contribution in [0.3, 0.4) is 0 Å². The monoisotopic (exact) mass is 338 g/mol. The first-order valence-electron chi connectivity index (χ1n) is 8.14. The molecule has 0 radical (unpaired) electrons. The van der Waals surface area contributed by atoms with E-state index in [2.05, 4.69) is 11.2 Å². The predicted molar refractivity (Wildman–Crippen MR) is 96.6 cm³/mol. The highest BCUT2D eigenvalue weighted by Crippen LogP contribution is 2.34. The summed E-state index contributed by atoms with van der Waals surface area (Å²) in [5.41, 5.74) is 2.84. The molecule has 0 saturated carbocycles. The van der Waals surface area contributed by atoms with Gasteiger partial charge in [-0.3, -0.25) is 4.79 Å². The molecule has 0 N–H and O–H groups in total. The van der Waals surface area contributed by atoms with Crippen LogP contribution in [0.2, 0.25) is 0 Å². The molecule has 2 heterocycles. The van der Waals surface area contributed by atoms with Gasteiger partial charge in [-0.15, -0.1) is 11.8 Å². The van der Waals surface area contributed by atoms with Crippen LogP contribution in [0, 0.1) is 0 Å². The third-order valence-corrected chi connectivity index (χ3v) is 5.41. The summed E-state index contributed by atoms with van der Waals surface area (Å²) in [5.74, 6) is 1.03. The molecule has 122 valence electrons. The maximum atomic E-state index is 13.0. The Balaban J connectivity index is 1.53. The Hall–Kier alpha value is -2.27. The lowest BCUT2D eigenvalue weighted by Crippen LogP contribution is -2.40. The van der Waals surface area contributed by atoms with Crippen LogP contribution in [0.1, 0.15) is 18.4 Å². The quantitative estimate of drug-likeness (QED) is 0.838. The number of hydrogen-bond donors (Lipinski definition) is 0. The zero-order chi connectivity index (χ0) is 16.4. The molecule has 2 aromatic carbocycles. The second-order valence-electron chi connectivity index (χ2n) is 5.86. The van der Waals surface area contributed by atoms with Crippen molar-refractivity contribution in [2.75, 3.05) is 17.2 Å². The molecule has 24 heavy (non-hydrogen) atoms. The highest BCUT2D eigenvalue weighted by Gasteiger charge is 2.34. The zero-order valence-corrected chi connectivity index (χ0v) is 14.0. The first-order valence-corrected chi connectivity index (χ1v) is 9.13. The second-order valence-corrected chi connectivity index (χ2v) is 7.00. The summed E-state index contributed by atoms with van der Waals surface area (Å²) in [7, 11) is 0. The van der Waals surface area contributed by atoms with Gasteiger partial charge in [0.2, 0.25) is 6.10 Å². The predicted octanol–water partition coefficient (Wildman–Crippen LogP) is 3.71. The van der Waals surface area contributed by atoms with Gasteiger partial charge < -0.3 is 9.74 Å². The maximum Gasteiger partial charge on any atom is 0.271 e. The van der Waals surface area contributed by atoms with Gasteiger partial charge in [-0.25, -0.2) is 0 Å². The van der Waals surface area contributed by atoms with Crippen molar-refractivity contribution in [2.24, 2.45) is 5.16 Å². The summed E-state index contributed by atoms with van der Waals surface area (Å²) in [4.78, 5) is 21.5. The van der Waals surface area contributed by atoms with Crippen LogP contribution in [0.5, 0.6) is 0 Å². The summed E-state index contributed by atoms with van der Waals surface area (Å²) < 4.78 is 0. The molecule has 4 rings (SSSR count). The molecule has 0 spiro atoms. The van der Waals surface area contributed by atoms with Crippen molar-refractivity contribution in [3.05, 3.63) is 60.2 Å². The SMILES string of the molecule is O=C([C@H]1CC(c2ccccc2)=NO1)N1CCCSc2ccccc21. The topological polar surface area (TPSA) is 41.9 Å². The summed E-state index contributed by atoms with van der Waals surface area (Å²) >= 11 is 1.81. The summed E-state index contributed by atoms with van der Waals surface area (Å²) in [6.45, 7) is 0.726. The third kappa shape index (κ3) is 2.91. The van der Waals surface area contributed by atoms with Crippen molar-refractivity contribution in [3.8, 4) is 0 Å². The normalized spacial score (nSPS) is 19.9. The molecule has 0 saturated heterocycles. The van der Waals surface area contributed by atoms with E-state index in [1.54, 1.807) is 0 Å². The Morgan fingerprint density at radius 3 is 2.79 bits per heavy atom. The van der Waals surface area contributed by atoms with Crippen LogP contribution in [-0.2, 0) is 9.63 Å². The lowest BCUT2D eigenvalue weighted by atomic mass is 10.0. The highest BCUT2D eigenvalue weighted by molar-refractivity contribution is 7.99. The number of rotatable bonds is 2. The number of thioether (sulfide) groups is 1. The number of oxime groups is 1. The fraction of sp³-hybridized carbons (Fsp3) is 0.263. The summed E-state index contributed by atoms with van der Waals surface area (Å²) in [6.07, 6.45) is 0.968. The zero-order valence-electron chi connectivity index (χ0n) is 13.2. The van der Waals surface area contributed by atoms with Gasteiger partial charge in [0.1, 0.15) is 0 Å². The van der Waals surface area contributed by atoms with Crippen LogP contribution in [0.4, 0.5) is 5.69 Å². The molecule has 2 aliphatic heterocycles. The van der Waals surface area contributed by atoms with E-state index in [0.717, 1.165) is 40.6 Å². The first kappa shape index (κ1) is 15.3. The number of carbonyl (C=O) groups excluding carboxylic acids is 1. The van der Waals surface area contributed by atoms with Crippen LogP contribution in [-0.4, -0.2) is 30.0 Å². The molecule has 0 aliphatic carbocycles. The minimum absolute atomic E-state index is 0.000342. The summed E-state index contributed by atoms with van der Waals surface area (Å²) in [6, 6.07) is 18.0. The highest BCUT2D eigenvalue weighted by atomic mass is 32.2. The molecule has 5 heteroatoms. The van der Waals surface area contributed by atoms with E-state index in [1.807, 2.05) is 65.2 Å². The second kappa shape index (κ2) is 6.69. The molecule has 0 bridgehead atoms. The Bertz CT molecular complexity index is 776. The molecule has 0 fully saturated rings. The van der Waals surface area contributed by atoms with Gasteiger partial charge in [-0.1, -0.05) is 47.6 Å². The van der Waals surface area contributed by atoms with Crippen molar-refractivity contribution in [1.29, 1.82) is 0 Å². The number of nitrogens with zero attached hydrogens (tertiary/aromatic N) is 2. The number of carbonyl (C=O) groups is 1. The Morgan fingerprint density at radius 2 is 1.92 bits per heavy atom. The number of para-hydroxylation sites is 1. The Labute approximate surface area is 145 Å². The number of anilines is 1. The average molecular weight is 338 g/mol. The van der Waals surface area contributed by atoms with E-state index in [4.69, 9.17) is 4.84 Å². The van der Waals surface area contributed by atoms with Gasteiger partial charge in [0.25, 0.3) is 5.91 Å². The standard InChI is InChI=1S/C19H18N2O2S/c22-19(17-13-15(20-23-17)14-7-2-1-3-8-14)21-11-6-12-24-18-10-5-4-9-16(18)21/h1-5,7-10,17H,6,11-13H2/t17-/m1/s1. The van der Waals surface area contributed by atoms with E-state index >= 15 is 0 Å². The van der Waals surface area contributed by atoms with Gasteiger partial charge >= 0.3 is 0 Å². The smallest absolute Gasteiger partial charge is 0.271 e. The van der Waals surface area contributed by atoms with Crippen molar-refractivity contribution in [1.82, 2.24) is 0 Å². The molecular weight excluding hydrogens is 320 g/mol. The molecule has 1 amide bonds. The Morgan fingerprint density at radius 1 is 1.12 bits per heavy atom. The maximum absolute atomic E-state index is 13.0. The molecule has 4 nitrogen and oxygen atoms in total. The van der Waals surface area contributed by atoms with Crippen LogP contribution < -0.4 is 4.90 Å². The number of fused-ring (bicyclic) bond motifs is 1. The van der Waals surface area contributed by atoms with E-state index in [1.165, 1.54) is 0 Å². The van der Waals surface area contributed by atoms with Gasteiger partial charge in [0, 0.05) is 17.9 Å². The van der Waals surface area contributed by atoms with Crippen LogP contribution in [0.15, 0.2) is 64.6 Å². The van der Waals surface area contributed by atoms with Crippen LogP contribution >= 0.6 is 11.8 Å². The van der Waals surface area contributed by atoms with Crippen LogP contribution in [0.25, 0.3) is 0 Å². The lowest BCUT2D eigenvalue weighted by molar-refractivity contribution is -0.128. The van der Waals surface area contributed by atoms with Crippen molar-refractivity contribution < 1.29 is 9.63 Å². The van der Waals surface area contributed by atoms with E-state index in [-0.39, 0.29) is 5.91 Å². The number of benzene rings is 2. The fourth-order valence-corrected chi connectivity index (χ4v) is 4.04. The number of hydrogen-bond acceptors (Lipinski definition) is 4. The van der Waals surface area contributed by atoms with E-state index < -0.39 is 6.10 Å². The molecule has 0 aromatic heterocycles. The van der Waals surface area contributed by atoms with Crippen molar-refractivity contribution in [2.45, 2.75) is 23.8 Å². The average Bonchev–Trinajstić information content (AvgIpc) is 3.03. The fourth-order valence-electron chi connectivity index (χ4n) is 3.04. The number of amides is 1. The largest absolute Gasteiger partial charge is 0.382 e. The minimum atomic E-state index is -0.531. The van der Waals surface area contributed by atoms with Gasteiger partial charge in [-0.05, 0) is 29.9 Å². The molecule has 2 aromatic rings. The lowest BCUT2D eigenvalue weighted by Gasteiger charge is -2.24. The van der Waals surface area contributed by atoms with Crippen molar-refractivity contribution >= 4 is 29.1 Å². The summed E-state index contributed by atoms with van der Waals surface area (Å²) in [5, 5.41) is 4.15. The van der Waals surface area contributed by atoms with Gasteiger partial charge in [0.05, 0.1) is 11.4 Å². The minimum Gasteiger partial charge on any atom is -0.382 e. The molecule has 0 unspecified atom stereocenters. The molecule has 2 aliphatic rings. The van der Waals surface area contributed by atoms with E-state index in [9.17, 15) is 4.79 Å². The molecular formula is C19H18N2O2S. The van der Waals surface area contributed by atoms with Gasteiger partial charge in [0.15, 0.2) is 0 Å². The molecule has 1 atom stereocenters. The Kier molecular flexibility index (Phi) is 4.26.